The van der Waals surface area contributed by atoms with Gasteiger partial charge in [-0.05, 0) is 26.2 Å². The highest BCUT2D eigenvalue weighted by molar-refractivity contribution is 5.80. The van der Waals surface area contributed by atoms with Gasteiger partial charge in [0.25, 0.3) is 0 Å². The van der Waals surface area contributed by atoms with Crippen LogP contribution in [0, 0.1) is 0 Å². The molecule has 3 heteroatoms. The van der Waals surface area contributed by atoms with Crippen molar-refractivity contribution in [2.45, 2.75) is 32.2 Å². The van der Waals surface area contributed by atoms with E-state index < -0.39 is 5.97 Å². The highest BCUT2D eigenvalue weighted by atomic mass is 16.4. The van der Waals surface area contributed by atoms with E-state index in [0.717, 1.165) is 24.8 Å². The summed E-state index contributed by atoms with van der Waals surface area (Å²) in [6.45, 7) is 2.50. The highest BCUT2D eigenvalue weighted by Crippen LogP contribution is 2.10. The van der Waals surface area contributed by atoms with Crippen LogP contribution in [0.4, 0.5) is 0 Å². The number of carboxylic acid groups (broad SMARTS) is 1. The summed E-state index contributed by atoms with van der Waals surface area (Å²) in [7, 11) is 0. The first-order chi connectivity index (χ1) is 6.68. The molecule has 1 rings (SSSR count). The highest BCUT2D eigenvalue weighted by Gasteiger charge is 2.08. The quantitative estimate of drug-likeness (QED) is 0.530. The van der Waals surface area contributed by atoms with Gasteiger partial charge in [0.15, 0.2) is 0 Å². The van der Waals surface area contributed by atoms with Crippen LogP contribution in [0.15, 0.2) is 23.8 Å². The van der Waals surface area contributed by atoms with Gasteiger partial charge in [-0.2, -0.15) is 0 Å². The third-order valence-electron chi connectivity index (χ3n) is 2.31. The monoisotopic (exact) mass is 195 g/mol. The molecular formula is C11H17NO2. The molecule has 0 aromatic rings. The number of hydrogen-bond donors (Lipinski definition) is 2. The van der Waals surface area contributed by atoms with Crippen molar-refractivity contribution in [3.63, 3.8) is 0 Å². The molecule has 1 unspecified atom stereocenters. The molecule has 0 aromatic carbocycles. The summed E-state index contributed by atoms with van der Waals surface area (Å²) in [5.41, 5.74) is 0.868. The molecule has 0 amide bonds. The average molecular weight is 195 g/mol. The summed E-state index contributed by atoms with van der Waals surface area (Å²) in [4.78, 5) is 10.3. The van der Waals surface area contributed by atoms with Crippen LogP contribution in [-0.4, -0.2) is 23.7 Å². The molecule has 1 atom stereocenters. The number of carboxylic acids is 1. The van der Waals surface area contributed by atoms with Crippen molar-refractivity contribution in [1.82, 2.24) is 5.32 Å². The van der Waals surface area contributed by atoms with E-state index in [1.54, 1.807) is 0 Å². The Balaban J connectivity index is 2.26. The first-order valence-corrected chi connectivity index (χ1v) is 4.97. The van der Waals surface area contributed by atoms with E-state index in [1.165, 1.54) is 6.08 Å². The lowest BCUT2D eigenvalue weighted by Crippen LogP contribution is -2.31. The third kappa shape index (κ3) is 4.23. The van der Waals surface area contributed by atoms with Gasteiger partial charge in [-0.15, -0.1) is 0 Å². The van der Waals surface area contributed by atoms with Crippen LogP contribution in [0.25, 0.3) is 0 Å². The largest absolute Gasteiger partial charge is 0.478 e. The van der Waals surface area contributed by atoms with Crippen molar-refractivity contribution < 1.29 is 9.90 Å². The molecule has 0 saturated carbocycles. The molecule has 0 aliphatic heterocycles. The summed E-state index contributed by atoms with van der Waals surface area (Å²) in [5.74, 6) is -0.868. The average Bonchev–Trinajstić information content (AvgIpc) is 2.15. The number of hydrogen-bond acceptors (Lipinski definition) is 2. The summed E-state index contributed by atoms with van der Waals surface area (Å²) in [6.07, 6.45) is 8.96. The molecule has 2 N–H and O–H groups in total. The predicted octanol–water partition coefficient (Wildman–Crippen LogP) is 1.72. The van der Waals surface area contributed by atoms with Gasteiger partial charge in [0.2, 0.25) is 0 Å². The Morgan fingerprint density at radius 1 is 1.64 bits per heavy atom. The Kier molecular flexibility index (Phi) is 4.40. The van der Waals surface area contributed by atoms with Gasteiger partial charge >= 0.3 is 5.97 Å². The molecule has 0 spiro atoms. The number of aliphatic carboxylic acids is 1. The van der Waals surface area contributed by atoms with Crippen molar-refractivity contribution in [2.24, 2.45) is 0 Å². The fourth-order valence-electron chi connectivity index (χ4n) is 1.55. The first-order valence-electron chi connectivity index (χ1n) is 4.97. The molecule has 78 valence electrons. The Bertz CT molecular complexity index is 256. The maximum atomic E-state index is 10.3. The number of allylic oxidation sites excluding steroid dienone is 1. The molecule has 0 fully saturated rings. The summed E-state index contributed by atoms with van der Waals surface area (Å²) >= 11 is 0. The van der Waals surface area contributed by atoms with Crippen LogP contribution in [0.1, 0.15) is 26.2 Å². The maximum absolute atomic E-state index is 10.3. The molecule has 14 heavy (non-hydrogen) atoms. The Morgan fingerprint density at radius 2 is 2.43 bits per heavy atom. The van der Waals surface area contributed by atoms with Gasteiger partial charge < -0.3 is 10.4 Å². The SMILES string of the molecule is C/C(=C/C(=O)O)CNC1CC=CCC1. The van der Waals surface area contributed by atoms with Crippen LogP contribution >= 0.6 is 0 Å². The molecular weight excluding hydrogens is 178 g/mol. The van der Waals surface area contributed by atoms with Gasteiger partial charge in [-0.25, -0.2) is 4.79 Å². The minimum Gasteiger partial charge on any atom is -0.478 e. The van der Waals surface area contributed by atoms with Crippen LogP contribution in [-0.2, 0) is 4.79 Å². The number of nitrogens with one attached hydrogen (secondary N) is 1. The van der Waals surface area contributed by atoms with Gasteiger partial charge in [0.05, 0.1) is 0 Å². The number of carbonyl (C=O) groups is 1. The van der Waals surface area contributed by atoms with E-state index in [1.807, 2.05) is 6.92 Å². The number of rotatable bonds is 4. The van der Waals surface area contributed by atoms with Crippen LogP contribution in [0.2, 0.25) is 0 Å². The van der Waals surface area contributed by atoms with Crippen LogP contribution < -0.4 is 5.32 Å². The van der Waals surface area contributed by atoms with Gasteiger partial charge in [0.1, 0.15) is 0 Å². The Morgan fingerprint density at radius 3 is 3.00 bits per heavy atom. The molecule has 0 bridgehead atoms. The summed E-state index contributed by atoms with van der Waals surface area (Å²) in [5, 5.41) is 11.8. The molecule has 0 radical (unpaired) electrons. The summed E-state index contributed by atoms with van der Waals surface area (Å²) in [6, 6.07) is 0.511. The Hall–Kier alpha value is -1.09. The van der Waals surface area contributed by atoms with E-state index in [4.69, 9.17) is 5.11 Å². The van der Waals surface area contributed by atoms with Gasteiger partial charge in [0, 0.05) is 18.7 Å². The second-order valence-corrected chi connectivity index (χ2v) is 3.69. The Labute approximate surface area is 84.5 Å². The van der Waals surface area contributed by atoms with E-state index in [-0.39, 0.29) is 0 Å². The standard InChI is InChI=1S/C11H17NO2/c1-9(7-11(13)14)8-12-10-5-3-2-4-6-10/h2-3,7,10,12H,4-6,8H2,1H3,(H,13,14)/b9-7-. The van der Waals surface area contributed by atoms with E-state index in [9.17, 15) is 4.79 Å². The lowest BCUT2D eigenvalue weighted by molar-refractivity contribution is -0.131. The molecule has 0 saturated heterocycles. The zero-order valence-electron chi connectivity index (χ0n) is 8.49. The molecule has 3 nitrogen and oxygen atoms in total. The summed E-state index contributed by atoms with van der Waals surface area (Å²) < 4.78 is 0. The van der Waals surface area contributed by atoms with Crippen LogP contribution in [0.5, 0.6) is 0 Å². The van der Waals surface area contributed by atoms with E-state index in [2.05, 4.69) is 17.5 Å². The van der Waals surface area contributed by atoms with E-state index >= 15 is 0 Å². The first kappa shape index (κ1) is 11.0. The molecule has 0 heterocycles. The fourth-order valence-corrected chi connectivity index (χ4v) is 1.55. The fraction of sp³-hybridized carbons (Fsp3) is 0.545. The normalized spacial score (nSPS) is 22.4. The second kappa shape index (κ2) is 5.60. The molecule has 1 aliphatic carbocycles. The third-order valence-corrected chi connectivity index (χ3v) is 2.31. The lowest BCUT2D eigenvalue weighted by atomic mass is 10.0. The smallest absolute Gasteiger partial charge is 0.328 e. The second-order valence-electron chi connectivity index (χ2n) is 3.69. The van der Waals surface area contributed by atoms with E-state index in [0.29, 0.717) is 12.6 Å². The molecule has 1 aliphatic rings. The topological polar surface area (TPSA) is 49.3 Å². The lowest BCUT2D eigenvalue weighted by Gasteiger charge is -2.19. The zero-order chi connectivity index (χ0) is 10.4. The van der Waals surface area contributed by atoms with Crippen molar-refractivity contribution in [3.05, 3.63) is 23.8 Å². The predicted molar refractivity (Wildman–Crippen MR) is 56.2 cm³/mol. The molecule has 0 aromatic heterocycles. The van der Waals surface area contributed by atoms with Crippen molar-refractivity contribution in [2.75, 3.05) is 6.54 Å². The van der Waals surface area contributed by atoms with Crippen molar-refractivity contribution in [3.8, 4) is 0 Å². The van der Waals surface area contributed by atoms with Crippen LogP contribution in [0.3, 0.4) is 0 Å². The van der Waals surface area contributed by atoms with Gasteiger partial charge in [-0.3, -0.25) is 0 Å². The van der Waals surface area contributed by atoms with Crippen molar-refractivity contribution >= 4 is 5.97 Å². The van der Waals surface area contributed by atoms with Crippen molar-refractivity contribution in [1.29, 1.82) is 0 Å². The minimum absolute atomic E-state index is 0.511. The maximum Gasteiger partial charge on any atom is 0.328 e. The minimum atomic E-state index is -0.868. The van der Waals surface area contributed by atoms with Gasteiger partial charge in [-0.1, -0.05) is 17.7 Å². The zero-order valence-corrected chi connectivity index (χ0v) is 8.49.